The fraction of sp³-hybridized carbons (Fsp3) is 0.587. The second-order valence-corrected chi connectivity index (χ2v) is 17.7. The van der Waals surface area contributed by atoms with Gasteiger partial charge in [-0.05, 0) is 89.9 Å². The van der Waals surface area contributed by atoms with Crippen molar-refractivity contribution in [2.45, 2.75) is 98.4 Å². The van der Waals surface area contributed by atoms with Gasteiger partial charge < -0.3 is 24.1 Å². The number of aliphatic hydroxyl groups excluding tert-OH is 1. The van der Waals surface area contributed by atoms with Crippen LogP contribution in [0.5, 0.6) is 0 Å². The highest BCUT2D eigenvalue weighted by Gasteiger charge is 2.43. The van der Waals surface area contributed by atoms with Gasteiger partial charge in [-0.2, -0.15) is 0 Å². The average molecular weight is 743 g/mol. The number of allylic oxidation sites excluding steroid dienone is 4. The van der Waals surface area contributed by atoms with E-state index in [0.29, 0.717) is 58.9 Å². The summed E-state index contributed by atoms with van der Waals surface area (Å²) in [6.07, 6.45) is 12.7. The van der Waals surface area contributed by atoms with Crippen molar-refractivity contribution >= 4 is 17.3 Å². The third-order valence-electron chi connectivity index (χ3n) is 11.6. The Morgan fingerprint density at radius 2 is 1.19 bits per heavy atom. The van der Waals surface area contributed by atoms with Crippen LogP contribution in [-0.4, -0.2) is 68.2 Å². The summed E-state index contributed by atoms with van der Waals surface area (Å²) in [5.74, 6) is -0.773. The maximum Gasteiger partial charge on any atom is 0.165 e. The molecule has 0 amide bonds. The van der Waals surface area contributed by atoms with Crippen molar-refractivity contribution in [1.29, 1.82) is 0 Å². The molecule has 3 unspecified atom stereocenters. The zero-order valence-electron chi connectivity index (χ0n) is 32.9. The van der Waals surface area contributed by atoms with Crippen molar-refractivity contribution in [3.8, 4) is 0 Å². The van der Waals surface area contributed by atoms with Crippen molar-refractivity contribution in [2.75, 3.05) is 39.6 Å². The van der Waals surface area contributed by atoms with Crippen LogP contribution in [-0.2, 0) is 46.5 Å². The van der Waals surface area contributed by atoms with Crippen LogP contribution < -0.4 is 0 Å². The van der Waals surface area contributed by atoms with Gasteiger partial charge in [0, 0.05) is 38.8 Å². The highest BCUT2D eigenvalue weighted by molar-refractivity contribution is 6.08. The normalized spacial score (nSPS) is 22.8. The van der Waals surface area contributed by atoms with E-state index in [1.54, 1.807) is 12.2 Å². The van der Waals surface area contributed by atoms with Gasteiger partial charge in [0.2, 0.25) is 0 Å². The minimum absolute atomic E-state index is 0.0196. The van der Waals surface area contributed by atoms with E-state index in [2.05, 4.69) is 19.9 Å². The van der Waals surface area contributed by atoms with E-state index in [4.69, 9.17) is 18.9 Å². The van der Waals surface area contributed by atoms with Crippen LogP contribution in [0, 0.1) is 33.5 Å². The Labute approximate surface area is 322 Å². The first-order valence-electron chi connectivity index (χ1n) is 19.8. The predicted octanol–water partition coefficient (Wildman–Crippen LogP) is 8.05. The van der Waals surface area contributed by atoms with E-state index in [0.717, 1.165) is 56.4 Å². The van der Waals surface area contributed by atoms with Gasteiger partial charge in [0.05, 0.1) is 38.4 Å². The van der Waals surface area contributed by atoms with Crippen molar-refractivity contribution in [3.05, 3.63) is 96.1 Å². The van der Waals surface area contributed by atoms with Crippen molar-refractivity contribution < 1.29 is 38.4 Å². The van der Waals surface area contributed by atoms with Gasteiger partial charge in [0.1, 0.15) is 5.78 Å². The molecule has 54 heavy (non-hydrogen) atoms. The van der Waals surface area contributed by atoms with E-state index in [-0.39, 0.29) is 44.9 Å². The van der Waals surface area contributed by atoms with Crippen molar-refractivity contribution in [1.82, 2.24) is 0 Å². The van der Waals surface area contributed by atoms with Crippen molar-refractivity contribution in [3.63, 3.8) is 0 Å². The second-order valence-electron chi connectivity index (χ2n) is 17.7. The number of aliphatic hydroxyl groups is 1. The fourth-order valence-corrected chi connectivity index (χ4v) is 8.29. The van der Waals surface area contributed by atoms with Crippen LogP contribution in [0.15, 0.2) is 85.0 Å². The summed E-state index contributed by atoms with van der Waals surface area (Å²) >= 11 is 0. The molecule has 2 saturated heterocycles. The monoisotopic (exact) mass is 742 g/mol. The number of Topliss-reactive ketones (excluding diaryl/α,β-unsaturated/α-hetero) is 1. The van der Waals surface area contributed by atoms with Gasteiger partial charge in [-0.25, -0.2) is 0 Å². The van der Waals surface area contributed by atoms with Crippen LogP contribution in [0.1, 0.15) is 90.2 Å². The molecule has 2 aromatic rings. The van der Waals surface area contributed by atoms with Gasteiger partial charge in [-0.15, -0.1) is 0 Å². The third kappa shape index (κ3) is 12.4. The molecule has 2 aromatic carbocycles. The van der Waals surface area contributed by atoms with Crippen LogP contribution in [0.4, 0.5) is 0 Å². The molecular formula is C46H62O8. The number of ether oxygens (including phenoxy) is 4. The lowest BCUT2D eigenvalue weighted by Crippen LogP contribution is -2.41. The topological polar surface area (TPSA) is 108 Å². The summed E-state index contributed by atoms with van der Waals surface area (Å²) < 4.78 is 22.7. The molecule has 0 bridgehead atoms. The summed E-state index contributed by atoms with van der Waals surface area (Å²) in [6.45, 7) is 13.3. The molecule has 2 fully saturated rings. The Balaban J connectivity index is 0.000000208. The van der Waals surface area contributed by atoms with E-state index >= 15 is 0 Å². The largest absolute Gasteiger partial charge is 0.392 e. The molecule has 6 rings (SSSR count). The molecular weight excluding hydrogens is 680 g/mol. The van der Waals surface area contributed by atoms with Crippen LogP contribution in [0.3, 0.4) is 0 Å². The summed E-state index contributed by atoms with van der Waals surface area (Å²) in [4.78, 5) is 37.8. The first-order valence-corrected chi connectivity index (χ1v) is 19.8. The smallest absolute Gasteiger partial charge is 0.165 e. The average Bonchev–Trinajstić information content (AvgIpc) is 3.15. The molecule has 4 aliphatic rings. The van der Waals surface area contributed by atoms with Gasteiger partial charge in [-0.1, -0.05) is 101 Å². The molecule has 8 nitrogen and oxygen atoms in total. The summed E-state index contributed by atoms with van der Waals surface area (Å²) in [5, 5.41) is 10.9. The minimum atomic E-state index is -0.641. The van der Waals surface area contributed by atoms with E-state index in [1.165, 1.54) is 0 Å². The summed E-state index contributed by atoms with van der Waals surface area (Å²) in [6, 6.07) is 20.1. The van der Waals surface area contributed by atoms with Gasteiger partial charge in [0.15, 0.2) is 11.6 Å². The third-order valence-corrected chi connectivity index (χ3v) is 11.6. The number of carbonyl (C=O) groups excluding carboxylic acids is 3. The van der Waals surface area contributed by atoms with Crippen LogP contribution >= 0.6 is 0 Å². The lowest BCUT2D eigenvalue weighted by molar-refractivity contribution is -0.135. The lowest BCUT2D eigenvalue weighted by atomic mass is 9.66. The van der Waals surface area contributed by atoms with Crippen LogP contribution in [0.2, 0.25) is 0 Å². The molecule has 2 spiro atoms. The van der Waals surface area contributed by atoms with E-state index in [1.807, 2.05) is 80.6 Å². The molecule has 2 heterocycles. The minimum Gasteiger partial charge on any atom is -0.392 e. The Kier molecular flexibility index (Phi) is 14.8. The molecule has 0 radical (unpaired) electrons. The summed E-state index contributed by atoms with van der Waals surface area (Å²) in [7, 11) is 0. The molecule has 1 N–H and O–H groups in total. The standard InChI is InChI=1S/C23H32O4.C23H30O4/c2*1-22(2,17-27-16-18-6-4-3-5-7-18)15-21(25)19-14-23(9-8-20(19)24)10-12-26-13-11-23/h3-9,19,21,25H,10-17H2,1-2H3;3-9,19H,10-17H2,1-2H3. The van der Waals surface area contributed by atoms with E-state index < -0.39 is 12.0 Å². The lowest BCUT2D eigenvalue weighted by Gasteiger charge is -2.41. The highest BCUT2D eigenvalue weighted by atomic mass is 16.5. The number of hydrogen-bond donors (Lipinski definition) is 1. The molecule has 3 atom stereocenters. The Bertz CT molecular complexity index is 1560. The number of carbonyl (C=O) groups is 3. The highest BCUT2D eigenvalue weighted by Crippen LogP contribution is 2.44. The van der Waals surface area contributed by atoms with Gasteiger partial charge in [0.25, 0.3) is 0 Å². The van der Waals surface area contributed by atoms with Crippen molar-refractivity contribution in [2.24, 2.45) is 33.5 Å². The molecule has 2 aliphatic heterocycles. The summed E-state index contributed by atoms with van der Waals surface area (Å²) in [5.41, 5.74) is 1.75. The zero-order chi connectivity index (χ0) is 38.7. The maximum absolute atomic E-state index is 12.9. The SMILES string of the molecule is CC(C)(COCc1ccccc1)CC(=O)C1CC2(C=CC1=O)CCOCC2.CC(C)(COCc1ccccc1)CC(O)C1CC2(C=CC1=O)CCOCC2. The predicted molar refractivity (Wildman–Crippen MR) is 209 cm³/mol. The number of rotatable bonds is 14. The zero-order valence-corrected chi connectivity index (χ0v) is 32.9. The first kappa shape index (κ1) is 41.9. The van der Waals surface area contributed by atoms with Gasteiger partial charge >= 0.3 is 0 Å². The maximum atomic E-state index is 12.9. The Morgan fingerprint density at radius 3 is 1.70 bits per heavy atom. The quantitative estimate of drug-likeness (QED) is 0.194. The molecule has 2 aliphatic carbocycles. The number of ketones is 3. The van der Waals surface area contributed by atoms with E-state index in [9.17, 15) is 19.5 Å². The first-order chi connectivity index (χ1) is 25.8. The Morgan fingerprint density at radius 1 is 0.722 bits per heavy atom. The van der Waals surface area contributed by atoms with Gasteiger partial charge in [-0.3, -0.25) is 14.4 Å². The fourth-order valence-electron chi connectivity index (χ4n) is 8.29. The molecule has 0 aromatic heterocycles. The second kappa shape index (κ2) is 19.1. The Hall–Kier alpha value is -3.27. The molecule has 294 valence electrons. The number of hydrogen-bond acceptors (Lipinski definition) is 8. The molecule has 0 saturated carbocycles. The molecule has 8 heteroatoms. The van der Waals surface area contributed by atoms with Crippen LogP contribution in [0.25, 0.3) is 0 Å². The number of benzene rings is 2.